The van der Waals surface area contributed by atoms with Crippen molar-refractivity contribution in [1.29, 1.82) is 0 Å². The van der Waals surface area contributed by atoms with Gasteiger partial charge in [-0.3, -0.25) is 0 Å². The molecule has 1 saturated heterocycles. The van der Waals surface area contributed by atoms with Gasteiger partial charge in [-0.15, -0.1) is 0 Å². The monoisotopic (exact) mass is 327 g/mol. The van der Waals surface area contributed by atoms with Crippen molar-refractivity contribution in [3.8, 4) is 0 Å². The molecule has 6 nitrogen and oxygen atoms in total. The van der Waals surface area contributed by atoms with E-state index < -0.39 is 9.84 Å². The van der Waals surface area contributed by atoms with E-state index in [4.69, 9.17) is 0 Å². The number of nitrogens with one attached hydrogen (secondary N) is 1. The molecule has 0 bridgehead atoms. The SMILES string of the molecule is CCCCN(C(=O)NCc1ccn(C)c1)C1CCS(=O)(=O)C1. The average molecular weight is 327 g/mol. The molecule has 1 aliphatic heterocycles. The number of aryl methyl sites for hydroxylation is 1. The van der Waals surface area contributed by atoms with Gasteiger partial charge in [-0.2, -0.15) is 0 Å². The summed E-state index contributed by atoms with van der Waals surface area (Å²) in [6.07, 6.45) is 6.29. The molecule has 1 fully saturated rings. The topological polar surface area (TPSA) is 71.4 Å². The Labute approximate surface area is 132 Å². The zero-order chi connectivity index (χ0) is 16.2. The minimum absolute atomic E-state index is 0.0927. The summed E-state index contributed by atoms with van der Waals surface area (Å²) in [7, 11) is -1.06. The number of carbonyl (C=O) groups excluding carboxylic acids is 1. The quantitative estimate of drug-likeness (QED) is 0.861. The van der Waals surface area contributed by atoms with E-state index in [9.17, 15) is 13.2 Å². The molecule has 0 radical (unpaired) electrons. The van der Waals surface area contributed by atoms with E-state index in [1.807, 2.05) is 30.1 Å². The molecule has 2 amide bonds. The Morgan fingerprint density at radius 3 is 2.82 bits per heavy atom. The number of hydrogen-bond acceptors (Lipinski definition) is 3. The Morgan fingerprint density at radius 1 is 1.50 bits per heavy atom. The number of sulfone groups is 1. The van der Waals surface area contributed by atoms with Gasteiger partial charge in [0, 0.05) is 38.6 Å². The van der Waals surface area contributed by atoms with Crippen LogP contribution in [0.4, 0.5) is 4.79 Å². The summed E-state index contributed by atoms with van der Waals surface area (Å²) in [5.74, 6) is 0.279. The highest BCUT2D eigenvalue weighted by atomic mass is 32.2. The first-order valence-corrected chi connectivity index (χ1v) is 9.59. The summed E-state index contributed by atoms with van der Waals surface area (Å²) >= 11 is 0. The van der Waals surface area contributed by atoms with Crippen LogP contribution in [0.25, 0.3) is 0 Å². The number of unbranched alkanes of at least 4 members (excludes halogenated alkanes) is 1. The van der Waals surface area contributed by atoms with E-state index in [1.54, 1.807) is 4.90 Å². The number of nitrogens with zero attached hydrogens (tertiary/aromatic N) is 2. The van der Waals surface area contributed by atoms with Crippen LogP contribution in [-0.4, -0.2) is 48.0 Å². The summed E-state index contributed by atoms with van der Waals surface area (Å²) < 4.78 is 25.3. The fraction of sp³-hybridized carbons (Fsp3) is 0.667. The predicted octanol–water partition coefficient (Wildman–Crippen LogP) is 1.52. The third-order valence-electron chi connectivity index (χ3n) is 4.00. The number of amides is 2. The van der Waals surface area contributed by atoms with Crippen molar-refractivity contribution in [2.45, 2.75) is 38.8 Å². The maximum Gasteiger partial charge on any atom is 0.317 e. The van der Waals surface area contributed by atoms with Crippen LogP contribution >= 0.6 is 0 Å². The van der Waals surface area contributed by atoms with Crippen LogP contribution in [0.2, 0.25) is 0 Å². The van der Waals surface area contributed by atoms with Gasteiger partial charge in [0.05, 0.1) is 11.5 Å². The van der Waals surface area contributed by atoms with Crippen molar-refractivity contribution in [3.05, 3.63) is 24.0 Å². The van der Waals surface area contributed by atoms with Crippen molar-refractivity contribution in [2.75, 3.05) is 18.1 Å². The molecule has 1 unspecified atom stereocenters. The molecule has 0 aromatic carbocycles. The van der Waals surface area contributed by atoms with Crippen molar-refractivity contribution < 1.29 is 13.2 Å². The molecule has 0 saturated carbocycles. The number of hydrogen-bond donors (Lipinski definition) is 1. The van der Waals surface area contributed by atoms with Gasteiger partial charge < -0.3 is 14.8 Å². The van der Waals surface area contributed by atoms with Gasteiger partial charge in [0.25, 0.3) is 0 Å². The van der Waals surface area contributed by atoms with Crippen molar-refractivity contribution in [2.24, 2.45) is 7.05 Å². The Hall–Kier alpha value is -1.50. The molecule has 22 heavy (non-hydrogen) atoms. The highest BCUT2D eigenvalue weighted by Crippen LogP contribution is 2.18. The first-order chi connectivity index (χ1) is 10.4. The lowest BCUT2D eigenvalue weighted by atomic mass is 10.2. The normalized spacial score (nSPS) is 20.0. The Morgan fingerprint density at radius 2 is 2.27 bits per heavy atom. The van der Waals surface area contributed by atoms with Crippen LogP contribution in [0.15, 0.2) is 18.5 Å². The average Bonchev–Trinajstić information content (AvgIpc) is 3.03. The fourth-order valence-corrected chi connectivity index (χ4v) is 4.48. The summed E-state index contributed by atoms with van der Waals surface area (Å²) in [5, 5.41) is 2.90. The van der Waals surface area contributed by atoms with E-state index in [0.717, 1.165) is 18.4 Å². The van der Waals surface area contributed by atoms with Gasteiger partial charge in [0.15, 0.2) is 9.84 Å². The fourth-order valence-electron chi connectivity index (χ4n) is 2.74. The lowest BCUT2D eigenvalue weighted by molar-refractivity contribution is 0.178. The number of urea groups is 1. The molecule has 124 valence electrons. The maximum atomic E-state index is 12.4. The smallest absolute Gasteiger partial charge is 0.317 e. The van der Waals surface area contributed by atoms with Gasteiger partial charge >= 0.3 is 6.03 Å². The van der Waals surface area contributed by atoms with Crippen molar-refractivity contribution in [1.82, 2.24) is 14.8 Å². The van der Waals surface area contributed by atoms with E-state index in [2.05, 4.69) is 12.2 Å². The summed E-state index contributed by atoms with van der Waals surface area (Å²) in [5.41, 5.74) is 1.03. The van der Waals surface area contributed by atoms with Gasteiger partial charge in [-0.05, 0) is 24.5 Å². The minimum atomic E-state index is -2.99. The zero-order valence-corrected chi connectivity index (χ0v) is 14.1. The first-order valence-electron chi connectivity index (χ1n) is 7.77. The van der Waals surface area contributed by atoms with Crippen molar-refractivity contribution >= 4 is 15.9 Å². The molecule has 7 heteroatoms. The van der Waals surface area contributed by atoms with Gasteiger partial charge in [-0.1, -0.05) is 13.3 Å². The number of carbonyl (C=O) groups is 1. The van der Waals surface area contributed by atoms with Crippen LogP contribution in [0.1, 0.15) is 31.7 Å². The Kier molecular flexibility index (Phi) is 5.50. The molecule has 2 rings (SSSR count). The minimum Gasteiger partial charge on any atom is -0.357 e. The van der Waals surface area contributed by atoms with Crippen molar-refractivity contribution in [3.63, 3.8) is 0 Å². The van der Waals surface area contributed by atoms with Crippen LogP contribution in [-0.2, 0) is 23.4 Å². The largest absolute Gasteiger partial charge is 0.357 e. The molecular weight excluding hydrogens is 302 g/mol. The van der Waals surface area contributed by atoms with Crippen LogP contribution < -0.4 is 5.32 Å². The van der Waals surface area contributed by atoms with Crippen LogP contribution in [0.5, 0.6) is 0 Å². The number of aromatic nitrogens is 1. The van der Waals surface area contributed by atoms with Gasteiger partial charge in [0.1, 0.15) is 0 Å². The third kappa shape index (κ3) is 4.50. The molecule has 1 aromatic heterocycles. The second kappa shape index (κ2) is 7.17. The lowest BCUT2D eigenvalue weighted by Gasteiger charge is -2.28. The Balaban J connectivity index is 1.96. The second-order valence-corrected chi connectivity index (χ2v) is 8.18. The van der Waals surface area contributed by atoms with Crippen LogP contribution in [0, 0.1) is 0 Å². The summed E-state index contributed by atoms with van der Waals surface area (Å²) in [4.78, 5) is 14.1. The molecule has 2 heterocycles. The maximum absolute atomic E-state index is 12.4. The second-order valence-electron chi connectivity index (χ2n) is 5.95. The molecule has 0 aliphatic carbocycles. The lowest BCUT2D eigenvalue weighted by Crippen LogP contribution is -2.47. The molecule has 1 atom stereocenters. The predicted molar refractivity (Wildman–Crippen MR) is 86.3 cm³/mol. The standard InChI is InChI=1S/C15H25N3O3S/c1-3-4-7-18(14-6-9-22(20,21)12-14)15(19)16-10-13-5-8-17(2)11-13/h5,8,11,14H,3-4,6-7,9-10,12H2,1-2H3,(H,16,19). The van der Waals surface area contributed by atoms with E-state index in [-0.39, 0.29) is 23.6 Å². The summed E-state index contributed by atoms with van der Waals surface area (Å²) in [6, 6.07) is 1.60. The highest BCUT2D eigenvalue weighted by molar-refractivity contribution is 7.91. The molecule has 1 aromatic rings. The molecule has 1 N–H and O–H groups in total. The van der Waals surface area contributed by atoms with Gasteiger partial charge in [0.2, 0.25) is 0 Å². The highest BCUT2D eigenvalue weighted by Gasteiger charge is 2.34. The van der Waals surface area contributed by atoms with E-state index >= 15 is 0 Å². The first kappa shape index (κ1) is 16.9. The Bertz CT molecular complexity index is 609. The van der Waals surface area contributed by atoms with E-state index in [0.29, 0.717) is 19.5 Å². The van der Waals surface area contributed by atoms with Gasteiger partial charge in [-0.25, -0.2) is 13.2 Å². The third-order valence-corrected chi connectivity index (χ3v) is 5.75. The summed E-state index contributed by atoms with van der Waals surface area (Å²) in [6.45, 7) is 3.13. The molecule has 1 aliphatic rings. The van der Waals surface area contributed by atoms with Crippen LogP contribution in [0.3, 0.4) is 0 Å². The van der Waals surface area contributed by atoms with E-state index in [1.165, 1.54) is 0 Å². The zero-order valence-electron chi connectivity index (χ0n) is 13.3. The molecular formula is C15H25N3O3S. The number of rotatable bonds is 6. The molecule has 0 spiro atoms.